The zero-order valence-corrected chi connectivity index (χ0v) is 14.2. The molecule has 0 aromatic carbocycles. The van der Waals surface area contributed by atoms with Gasteiger partial charge in [-0.3, -0.25) is 9.13 Å². The second-order valence-electron chi connectivity index (χ2n) is 1.54. The topological polar surface area (TPSA) is 156 Å². The summed E-state index contributed by atoms with van der Waals surface area (Å²) in [7, 11) is -10.7. The predicted molar refractivity (Wildman–Crippen MR) is 40.0 cm³/mol. The summed E-state index contributed by atoms with van der Waals surface area (Å²) in [5.74, 6) is 0. The van der Waals surface area contributed by atoms with Crippen molar-refractivity contribution in [3.05, 3.63) is 12.7 Å². The van der Waals surface area contributed by atoms with E-state index in [1.165, 1.54) is 0 Å². The predicted octanol–water partition coefficient (Wildman–Crippen LogP) is -7.94. The van der Waals surface area contributed by atoms with Gasteiger partial charge in [0.15, 0.2) is 0 Å². The van der Waals surface area contributed by atoms with E-state index in [0.29, 0.717) is 6.54 Å². The van der Waals surface area contributed by atoms with Gasteiger partial charge in [-0.05, 0) is 0 Å². The first kappa shape index (κ1) is 25.7. The molecule has 0 saturated heterocycles. The van der Waals surface area contributed by atoms with Gasteiger partial charge in [0.25, 0.3) is 15.6 Å². The Morgan fingerprint density at radius 1 is 1.27 bits per heavy atom. The Kier molecular flexibility index (Phi) is 21.3. The fourth-order valence-electron chi connectivity index (χ4n) is 0.130. The molecule has 8 nitrogen and oxygen atoms in total. The van der Waals surface area contributed by atoms with E-state index in [2.05, 4.69) is 10.9 Å². The maximum absolute atomic E-state index is 9.48. The van der Waals surface area contributed by atoms with Crippen LogP contribution >= 0.6 is 15.6 Å². The minimum absolute atomic E-state index is 0. The number of hydrogen-bond acceptors (Lipinski definition) is 6. The molecule has 80 valence electrons. The normalized spacial score (nSPS) is 16.3. The van der Waals surface area contributed by atoms with Crippen LogP contribution in [0.4, 0.5) is 0 Å². The molecular weight excluding hydrogens is 270 g/mol. The fourth-order valence-corrected chi connectivity index (χ4v) is 1.17. The van der Waals surface area contributed by atoms with Gasteiger partial charge >= 0.3 is 59.1 Å². The van der Waals surface area contributed by atoms with Gasteiger partial charge in [0.05, 0.1) is 0 Å². The molecule has 0 bridgehead atoms. The van der Waals surface area contributed by atoms with Crippen LogP contribution in [-0.2, 0) is 13.4 Å². The molecule has 0 rings (SSSR count). The van der Waals surface area contributed by atoms with Crippen molar-refractivity contribution in [1.82, 2.24) is 0 Å². The molecule has 2 unspecified atom stereocenters. The maximum atomic E-state index is 9.48. The van der Waals surface area contributed by atoms with Gasteiger partial charge in [-0.2, -0.15) is 0 Å². The minimum Gasteiger partial charge on any atom is -0.756 e. The van der Waals surface area contributed by atoms with E-state index in [0.717, 1.165) is 0 Å². The van der Waals surface area contributed by atoms with Crippen molar-refractivity contribution in [2.75, 3.05) is 6.54 Å². The first-order valence-corrected chi connectivity index (χ1v) is 5.71. The third-order valence-electron chi connectivity index (χ3n) is 0.373. The van der Waals surface area contributed by atoms with Crippen LogP contribution in [0.2, 0.25) is 0 Å². The van der Waals surface area contributed by atoms with E-state index in [9.17, 15) is 18.9 Å². The Labute approximate surface area is 131 Å². The summed E-state index contributed by atoms with van der Waals surface area (Å²) in [5.41, 5.74) is 4.91. The molecule has 0 aromatic heterocycles. The largest absolute Gasteiger partial charge is 1.00 e. The van der Waals surface area contributed by atoms with Gasteiger partial charge in [-0.15, -0.1) is 6.58 Å². The molecule has 12 heteroatoms. The third-order valence-corrected chi connectivity index (χ3v) is 2.02. The van der Waals surface area contributed by atoms with E-state index in [4.69, 9.17) is 15.5 Å². The summed E-state index contributed by atoms with van der Waals surface area (Å²) in [6, 6.07) is 0. The van der Waals surface area contributed by atoms with Gasteiger partial charge in [0.1, 0.15) is 0 Å². The van der Waals surface area contributed by atoms with E-state index in [-0.39, 0.29) is 59.1 Å². The maximum Gasteiger partial charge on any atom is 1.00 e. The fraction of sp³-hybridized carbons (Fsp3) is 0.333. The van der Waals surface area contributed by atoms with Crippen LogP contribution < -0.4 is 74.6 Å². The summed E-state index contributed by atoms with van der Waals surface area (Å²) >= 11 is 0. The second-order valence-corrected chi connectivity index (χ2v) is 4.07. The molecule has 0 aliphatic carbocycles. The standard InChI is InChI=1S/C3H7N.2Na.H4O7P2/c1-2-3-4;;;1-8(2,3)7-9(4,5)6/h2H,1,3-4H2;;;(H2,1,2,3)(H2,4,5,6)/q;2*+1;/p-2. The summed E-state index contributed by atoms with van der Waals surface area (Å²) in [4.78, 5) is 34.1. The quantitative estimate of drug-likeness (QED) is 0.261. The summed E-state index contributed by atoms with van der Waals surface area (Å²) in [5, 5.41) is 0. The molecule has 0 amide bonds. The van der Waals surface area contributed by atoms with Crippen molar-refractivity contribution in [3.8, 4) is 0 Å². The van der Waals surface area contributed by atoms with Crippen LogP contribution in [0.5, 0.6) is 0 Å². The average molecular weight is 279 g/mol. The number of phosphoric acid groups is 2. The van der Waals surface area contributed by atoms with Gasteiger partial charge in [0, 0.05) is 6.54 Å². The summed E-state index contributed by atoms with van der Waals surface area (Å²) < 4.78 is 21.7. The Morgan fingerprint density at radius 2 is 1.47 bits per heavy atom. The Balaban J connectivity index is -0.0000000883. The van der Waals surface area contributed by atoms with Gasteiger partial charge in [-0.25, -0.2) is 4.31 Å². The van der Waals surface area contributed by atoms with Gasteiger partial charge < -0.3 is 25.3 Å². The number of nitrogens with two attached hydrogens (primary N) is 1. The molecular formula is C3H9NNa2O7P2. The van der Waals surface area contributed by atoms with E-state index in [1.54, 1.807) is 6.08 Å². The molecule has 0 heterocycles. The monoisotopic (exact) mass is 279 g/mol. The second kappa shape index (κ2) is 12.4. The third kappa shape index (κ3) is 38.7. The van der Waals surface area contributed by atoms with Crippen LogP contribution in [0.15, 0.2) is 12.7 Å². The van der Waals surface area contributed by atoms with Crippen LogP contribution in [0, 0.1) is 0 Å². The molecule has 0 spiro atoms. The zero-order valence-electron chi connectivity index (χ0n) is 8.40. The SMILES string of the molecule is C=CCN.O=P([O-])(O)OP(=O)([O-])O.[Na+].[Na+]. The summed E-state index contributed by atoms with van der Waals surface area (Å²) in [6.07, 6.45) is 1.65. The van der Waals surface area contributed by atoms with Crippen molar-refractivity contribution in [2.45, 2.75) is 0 Å². The molecule has 0 aliphatic rings. The summed E-state index contributed by atoms with van der Waals surface area (Å²) in [6.45, 7) is 3.94. The van der Waals surface area contributed by atoms with E-state index < -0.39 is 15.6 Å². The van der Waals surface area contributed by atoms with Crippen molar-refractivity contribution in [3.63, 3.8) is 0 Å². The first-order chi connectivity index (χ1) is 5.62. The molecule has 2 atom stereocenters. The first-order valence-electron chi connectivity index (χ1n) is 2.72. The molecule has 4 N–H and O–H groups in total. The van der Waals surface area contributed by atoms with Crippen molar-refractivity contribution >= 4 is 15.6 Å². The average Bonchev–Trinajstić information content (AvgIpc) is 1.80. The number of rotatable bonds is 3. The van der Waals surface area contributed by atoms with Crippen LogP contribution in [-0.4, -0.2) is 16.3 Å². The van der Waals surface area contributed by atoms with Crippen LogP contribution in [0.3, 0.4) is 0 Å². The molecule has 0 aliphatic heterocycles. The van der Waals surface area contributed by atoms with E-state index >= 15 is 0 Å². The minimum atomic E-state index is -5.36. The molecule has 15 heavy (non-hydrogen) atoms. The van der Waals surface area contributed by atoms with E-state index in [1.807, 2.05) is 0 Å². The van der Waals surface area contributed by atoms with Gasteiger partial charge in [0.2, 0.25) is 0 Å². The Morgan fingerprint density at radius 3 is 1.47 bits per heavy atom. The Hall–Kier alpha value is 1.96. The molecule has 0 radical (unpaired) electrons. The molecule has 0 aromatic rings. The number of hydrogen-bond donors (Lipinski definition) is 3. The molecule has 0 saturated carbocycles. The molecule has 0 fully saturated rings. The van der Waals surface area contributed by atoms with Crippen molar-refractivity contribution < 1.29 is 92.1 Å². The van der Waals surface area contributed by atoms with Crippen LogP contribution in [0.25, 0.3) is 0 Å². The van der Waals surface area contributed by atoms with Gasteiger partial charge in [-0.1, -0.05) is 6.08 Å². The zero-order chi connectivity index (χ0) is 11.1. The van der Waals surface area contributed by atoms with Crippen LogP contribution in [0.1, 0.15) is 0 Å². The smallest absolute Gasteiger partial charge is 0.756 e. The van der Waals surface area contributed by atoms with Crippen molar-refractivity contribution in [2.24, 2.45) is 5.73 Å². The Bertz CT molecular complexity index is 216. The van der Waals surface area contributed by atoms with Crippen molar-refractivity contribution in [1.29, 1.82) is 0 Å².